The second-order valence-electron chi connectivity index (χ2n) is 3.69. The third kappa shape index (κ3) is 4.39. The number of carboxylic acids is 1. The summed E-state index contributed by atoms with van der Waals surface area (Å²) in [6.45, 7) is 1.84. The van der Waals surface area contributed by atoms with E-state index in [0.29, 0.717) is 11.5 Å². The normalized spacial score (nSPS) is 11.2. The molecule has 0 radical (unpaired) electrons. The minimum atomic E-state index is -3.01. The number of aromatic carboxylic acids is 1. The van der Waals surface area contributed by atoms with Crippen molar-refractivity contribution < 1.29 is 18.3 Å². The quantitative estimate of drug-likeness (QED) is 0.800. The van der Waals surface area contributed by atoms with Gasteiger partial charge in [-0.15, -0.1) is 0 Å². The fourth-order valence-corrected chi connectivity index (χ4v) is 1.72. The van der Waals surface area contributed by atoms with Crippen molar-refractivity contribution in [3.63, 3.8) is 0 Å². The molecule has 0 aromatic carbocycles. The molecular weight excluding hydrogens is 244 g/mol. The van der Waals surface area contributed by atoms with Crippen molar-refractivity contribution in [1.29, 1.82) is 0 Å². The van der Waals surface area contributed by atoms with Crippen LogP contribution in [-0.2, 0) is 9.84 Å². The number of rotatable bonds is 5. The van der Waals surface area contributed by atoms with Crippen molar-refractivity contribution in [3.05, 3.63) is 23.4 Å². The highest BCUT2D eigenvalue weighted by Gasteiger charge is 2.08. The van der Waals surface area contributed by atoms with Gasteiger partial charge in [-0.05, 0) is 19.1 Å². The first-order valence-electron chi connectivity index (χ1n) is 4.92. The van der Waals surface area contributed by atoms with Crippen LogP contribution in [0.3, 0.4) is 0 Å². The average molecular weight is 258 g/mol. The summed E-state index contributed by atoms with van der Waals surface area (Å²) in [5.41, 5.74) is 0.528. The lowest BCUT2D eigenvalue weighted by Crippen LogP contribution is -2.15. The maximum atomic E-state index is 10.9. The molecule has 0 aliphatic rings. The molecule has 7 heteroatoms. The number of carboxylic acid groups (broad SMARTS) is 1. The molecule has 94 valence electrons. The van der Waals surface area contributed by atoms with Crippen LogP contribution in [0.5, 0.6) is 0 Å². The van der Waals surface area contributed by atoms with Crippen LogP contribution in [0.2, 0.25) is 0 Å². The van der Waals surface area contributed by atoms with E-state index in [1.165, 1.54) is 12.1 Å². The number of pyridine rings is 1. The van der Waals surface area contributed by atoms with E-state index in [0.717, 1.165) is 6.26 Å². The first kappa shape index (κ1) is 13.4. The first-order valence-corrected chi connectivity index (χ1v) is 6.98. The maximum Gasteiger partial charge on any atom is 0.337 e. The van der Waals surface area contributed by atoms with Crippen molar-refractivity contribution >= 4 is 21.6 Å². The Hall–Kier alpha value is -1.63. The topological polar surface area (TPSA) is 96.4 Å². The minimum Gasteiger partial charge on any atom is -0.478 e. The molecule has 0 atom stereocenters. The lowest BCUT2D eigenvalue weighted by atomic mass is 10.2. The molecule has 0 fully saturated rings. The highest BCUT2D eigenvalue weighted by molar-refractivity contribution is 7.90. The fourth-order valence-electron chi connectivity index (χ4n) is 1.25. The van der Waals surface area contributed by atoms with Crippen LogP contribution in [-0.4, -0.2) is 43.0 Å². The van der Waals surface area contributed by atoms with E-state index >= 15 is 0 Å². The molecule has 0 aliphatic carbocycles. The molecule has 1 rings (SSSR count). The van der Waals surface area contributed by atoms with Crippen LogP contribution in [0.4, 0.5) is 5.82 Å². The molecule has 0 saturated carbocycles. The Morgan fingerprint density at radius 3 is 2.59 bits per heavy atom. The van der Waals surface area contributed by atoms with Crippen LogP contribution < -0.4 is 5.32 Å². The van der Waals surface area contributed by atoms with Crippen LogP contribution >= 0.6 is 0 Å². The van der Waals surface area contributed by atoms with Gasteiger partial charge in [0.1, 0.15) is 15.7 Å². The van der Waals surface area contributed by atoms with E-state index in [1.807, 2.05) is 0 Å². The van der Waals surface area contributed by atoms with Gasteiger partial charge in [0.25, 0.3) is 0 Å². The van der Waals surface area contributed by atoms with E-state index in [9.17, 15) is 13.2 Å². The smallest absolute Gasteiger partial charge is 0.337 e. The number of aryl methyl sites for hydroxylation is 1. The van der Waals surface area contributed by atoms with Gasteiger partial charge in [0.2, 0.25) is 0 Å². The van der Waals surface area contributed by atoms with Gasteiger partial charge in [-0.2, -0.15) is 0 Å². The van der Waals surface area contributed by atoms with Gasteiger partial charge < -0.3 is 10.4 Å². The zero-order chi connectivity index (χ0) is 13.1. The Morgan fingerprint density at radius 2 is 2.12 bits per heavy atom. The largest absolute Gasteiger partial charge is 0.478 e. The number of nitrogens with one attached hydrogen (secondary N) is 1. The maximum absolute atomic E-state index is 10.9. The van der Waals surface area contributed by atoms with Crippen LogP contribution in [0.25, 0.3) is 0 Å². The van der Waals surface area contributed by atoms with E-state index in [1.54, 1.807) is 6.92 Å². The van der Waals surface area contributed by atoms with Gasteiger partial charge in [0.15, 0.2) is 0 Å². The summed E-state index contributed by atoms with van der Waals surface area (Å²) in [6.07, 6.45) is 1.15. The molecule has 0 aliphatic heterocycles. The zero-order valence-electron chi connectivity index (χ0n) is 9.60. The van der Waals surface area contributed by atoms with Gasteiger partial charge in [0.05, 0.1) is 17.0 Å². The van der Waals surface area contributed by atoms with Crippen molar-refractivity contribution in [3.8, 4) is 0 Å². The second-order valence-corrected chi connectivity index (χ2v) is 5.95. The van der Waals surface area contributed by atoms with Gasteiger partial charge in [-0.3, -0.25) is 0 Å². The monoisotopic (exact) mass is 258 g/mol. The summed E-state index contributed by atoms with van der Waals surface area (Å²) in [7, 11) is -3.01. The molecule has 0 spiro atoms. The highest BCUT2D eigenvalue weighted by atomic mass is 32.2. The Bertz CT molecular complexity index is 525. The van der Waals surface area contributed by atoms with Gasteiger partial charge in [-0.25, -0.2) is 18.2 Å². The number of hydrogen-bond donors (Lipinski definition) is 2. The highest BCUT2D eigenvalue weighted by Crippen LogP contribution is 2.10. The summed E-state index contributed by atoms with van der Waals surface area (Å²) < 4.78 is 21.8. The van der Waals surface area contributed by atoms with E-state index in [-0.39, 0.29) is 17.9 Å². The number of sulfone groups is 1. The second kappa shape index (κ2) is 5.13. The Morgan fingerprint density at radius 1 is 1.47 bits per heavy atom. The summed E-state index contributed by atoms with van der Waals surface area (Å²) in [6, 6.07) is 2.95. The van der Waals surface area contributed by atoms with E-state index in [4.69, 9.17) is 5.11 Å². The van der Waals surface area contributed by atoms with Crippen molar-refractivity contribution in [2.45, 2.75) is 6.92 Å². The zero-order valence-corrected chi connectivity index (χ0v) is 10.4. The summed E-state index contributed by atoms with van der Waals surface area (Å²) in [4.78, 5) is 14.8. The third-order valence-corrected chi connectivity index (χ3v) is 3.04. The number of carbonyl (C=O) groups is 1. The number of nitrogens with zero attached hydrogens (tertiary/aromatic N) is 1. The van der Waals surface area contributed by atoms with Crippen LogP contribution in [0.15, 0.2) is 12.1 Å². The standard InChI is InChI=1S/C10H14N2O4S/c1-7-8(10(13)14)3-4-9(12-7)11-5-6-17(2,15)16/h3-4H,5-6H2,1-2H3,(H,11,12)(H,13,14). The van der Waals surface area contributed by atoms with Gasteiger partial charge in [0, 0.05) is 12.8 Å². The SMILES string of the molecule is Cc1nc(NCCS(C)(=O)=O)ccc1C(=O)O. The number of anilines is 1. The van der Waals surface area contributed by atoms with E-state index < -0.39 is 15.8 Å². The summed E-state index contributed by atoms with van der Waals surface area (Å²) in [5.74, 6) is -0.553. The lowest BCUT2D eigenvalue weighted by Gasteiger charge is -2.06. The summed E-state index contributed by atoms with van der Waals surface area (Å²) >= 11 is 0. The molecule has 17 heavy (non-hydrogen) atoms. The molecular formula is C10H14N2O4S. The molecule has 1 aromatic rings. The van der Waals surface area contributed by atoms with Crippen molar-refractivity contribution in [2.75, 3.05) is 23.9 Å². The molecule has 0 saturated heterocycles. The predicted octanol–water partition coefficient (Wildman–Crippen LogP) is 0.545. The van der Waals surface area contributed by atoms with Crippen LogP contribution in [0.1, 0.15) is 16.1 Å². The molecule has 2 N–H and O–H groups in total. The Labute approximate surface area is 99.6 Å². The Balaban J connectivity index is 2.68. The first-order chi connectivity index (χ1) is 7.79. The predicted molar refractivity (Wildman–Crippen MR) is 64.1 cm³/mol. The van der Waals surface area contributed by atoms with Gasteiger partial charge >= 0.3 is 5.97 Å². The van der Waals surface area contributed by atoms with Gasteiger partial charge in [-0.1, -0.05) is 0 Å². The molecule has 0 amide bonds. The molecule has 6 nitrogen and oxygen atoms in total. The average Bonchev–Trinajstić information content (AvgIpc) is 2.15. The molecule has 1 aromatic heterocycles. The van der Waals surface area contributed by atoms with Crippen molar-refractivity contribution in [2.24, 2.45) is 0 Å². The molecule has 1 heterocycles. The summed E-state index contributed by atoms with van der Waals surface area (Å²) in [5, 5.41) is 11.6. The fraction of sp³-hybridized carbons (Fsp3) is 0.400. The number of aromatic nitrogens is 1. The van der Waals surface area contributed by atoms with Crippen LogP contribution in [0, 0.1) is 6.92 Å². The number of hydrogen-bond acceptors (Lipinski definition) is 5. The molecule has 0 bridgehead atoms. The van der Waals surface area contributed by atoms with E-state index in [2.05, 4.69) is 10.3 Å². The lowest BCUT2D eigenvalue weighted by molar-refractivity contribution is 0.0695. The van der Waals surface area contributed by atoms with Crippen molar-refractivity contribution in [1.82, 2.24) is 4.98 Å². The molecule has 0 unspecified atom stereocenters. The Kier molecular flexibility index (Phi) is 4.06. The minimum absolute atomic E-state index is 0.00834. The third-order valence-electron chi connectivity index (χ3n) is 2.10.